The molecule has 0 unspecified atom stereocenters. The first-order valence-electron chi connectivity index (χ1n) is 8.80. The average Bonchev–Trinajstić information content (AvgIpc) is 2.72. The quantitative estimate of drug-likeness (QED) is 0.780. The Morgan fingerprint density at radius 3 is 2.63 bits per heavy atom. The minimum absolute atomic E-state index is 0.212. The fourth-order valence-electron chi connectivity index (χ4n) is 2.79. The first-order valence-corrected chi connectivity index (χ1v) is 8.80. The number of hydrogen-bond donors (Lipinski definition) is 2. The minimum Gasteiger partial charge on any atom is -0.493 e. The third-order valence-corrected chi connectivity index (χ3v) is 4.20. The molecular weight excluding hydrogens is 348 g/mol. The van der Waals surface area contributed by atoms with E-state index in [9.17, 15) is 4.79 Å². The monoisotopic (exact) mass is 372 g/mol. The fraction of sp³-hybridized carbons (Fsp3) is 0.350. The predicted octanol–water partition coefficient (Wildman–Crippen LogP) is 2.39. The molecule has 0 bridgehead atoms. The van der Waals surface area contributed by atoms with Gasteiger partial charge in [0.2, 0.25) is 0 Å². The molecule has 144 valence electrons. The van der Waals surface area contributed by atoms with Gasteiger partial charge in [0.1, 0.15) is 6.61 Å². The molecule has 0 aliphatic carbocycles. The van der Waals surface area contributed by atoms with Crippen LogP contribution in [0, 0.1) is 0 Å². The van der Waals surface area contributed by atoms with E-state index in [2.05, 4.69) is 10.6 Å². The number of amides is 2. The van der Waals surface area contributed by atoms with E-state index in [4.69, 9.17) is 18.9 Å². The molecule has 0 saturated carbocycles. The molecule has 1 heterocycles. The number of ether oxygens (including phenoxy) is 4. The summed E-state index contributed by atoms with van der Waals surface area (Å²) in [6.07, 6.45) is 0.473. The van der Waals surface area contributed by atoms with Crippen LogP contribution in [0.2, 0.25) is 0 Å². The summed E-state index contributed by atoms with van der Waals surface area (Å²) in [4.78, 5) is 12.0. The maximum atomic E-state index is 12.0. The van der Waals surface area contributed by atoms with E-state index >= 15 is 0 Å². The van der Waals surface area contributed by atoms with Gasteiger partial charge in [-0.3, -0.25) is 0 Å². The van der Waals surface area contributed by atoms with Crippen LogP contribution in [-0.4, -0.2) is 46.1 Å². The molecule has 2 aromatic rings. The highest BCUT2D eigenvalue weighted by atomic mass is 16.6. The van der Waals surface area contributed by atoms with Crippen LogP contribution in [0.15, 0.2) is 42.5 Å². The Labute approximate surface area is 158 Å². The molecule has 2 N–H and O–H groups in total. The Hall–Kier alpha value is -3.09. The van der Waals surface area contributed by atoms with Crippen LogP contribution in [0.4, 0.5) is 4.79 Å². The predicted molar refractivity (Wildman–Crippen MR) is 101 cm³/mol. The lowest BCUT2D eigenvalue weighted by Crippen LogP contribution is -2.44. The maximum absolute atomic E-state index is 12.0. The van der Waals surface area contributed by atoms with Crippen molar-refractivity contribution in [3.8, 4) is 23.0 Å². The number of rotatable bonds is 7. The second-order valence-electron chi connectivity index (χ2n) is 6.07. The van der Waals surface area contributed by atoms with Crippen molar-refractivity contribution in [2.45, 2.75) is 12.5 Å². The van der Waals surface area contributed by atoms with Crippen molar-refractivity contribution in [2.24, 2.45) is 0 Å². The SMILES string of the molecule is COc1ccc(CCNC(=O)NC[C@@H]2COc3ccccc3O2)cc1OC. The summed E-state index contributed by atoms with van der Waals surface area (Å²) in [6.45, 7) is 1.28. The summed E-state index contributed by atoms with van der Waals surface area (Å²) >= 11 is 0. The van der Waals surface area contributed by atoms with Gasteiger partial charge >= 0.3 is 6.03 Å². The van der Waals surface area contributed by atoms with Crippen molar-refractivity contribution in [3.63, 3.8) is 0 Å². The van der Waals surface area contributed by atoms with Gasteiger partial charge in [-0.05, 0) is 36.2 Å². The summed E-state index contributed by atoms with van der Waals surface area (Å²) in [5, 5.41) is 5.65. The summed E-state index contributed by atoms with van der Waals surface area (Å²) in [5.41, 5.74) is 1.05. The van der Waals surface area contributed by atoms with Crippen molar-refractivity contribution in [1.29, 1.82) is 0 Å². The molecule has 3 rings (SSSR count). The normalized spacial score (nSPS) is 15.0. The second kappa shape index (κ2) is 9.02. The first kappa shape index (κ1) is 18.7. The number of benzene rings is 2. The molecule has 0 saturated heterocycles. The Balaban J connectivity index is 1.39. The van der Waals surface area contributed by atoms with Crippen LogP contribution < -0.4 is 29.6 Å². The van der Waals surface area contributed by atoms with Crippen molar-refractivity contribution in [3.05, 3.63) is 48.0 Å². The lowest BCUT2D eigenvalue weighted by molar-refractivity contribution is 0.0918. The molecule has 0 spiro atoms. The minimum atomic E-state index is -0.238. The zero-order valence-electron chi connectivity index (χ0n) is 15.5. The van der Waals surface area contributed by atoms with E-state index < -0.39 is 0 Å². The number of hydrogen-bond acceptors (Lipinski definition) is 5. The molecule has 0 aromatic heterocycles. The van der Waals surface area contributed by atoms with E-state index in [-0.39, 0.29) is 12.1 Å². The topological polar surface area (TPSA) is 78.1 Å². The van der Waals surface area contributed by atoms with Gasteiger partial charge in [0.05, 0.1) is 20.8 Å². The van der Waals surface area contributed by atoms with Crippen molar-refractivity contribution in [2.75, 3.05) is 33.9 Å². The van der Waals surface area contributed by atoms with Gasteiger partial charge in [-0.2, -0.15) is 0 Å². The largest absolute Gasteiger partial charge is 0.493 e. The summed E-state index contributed by atoms with van der Waals surface area (Å²) in [6, 6.07) is 13.0. The third kappa shape index (κ3) is 4.97. The van der Waals surface area contributed by atoms with Crippen molar-refractivity contribution in [1.82, 2.24) is 10.6 Å². The number of nitrogens with one attached hydrogen (secondary N) is 2. The molecule has 7 nitrogen and oxygen atoms in total. The molecule has 2 aromatic carbocycles. The zero-order chi connectivity index (χ0) is 19.1. The van der Waals surface area contributed by atoms with Crippen LogP contribution in [-0.2, 0) is 6.42 Å². The second-order valence-corrected chi connectivity index (χ2v) is 6.07. The first-order chi connectivity index (χ1) is 13.2. The Kier molecular flexibility index (Phi) is 6.25. The van der Waals surface area contributed by atoms with Gasteiger partial charge in [0, 0.05) is 6.54 Å². The third-order valence-electron chi connectivity index (χ3n) is 4.20. The van der Waals surface area contributed by atoms with Crippen LogP contribution in [0.25, 0.3) is 0 Å². The number of para-hydroxylation sites is 2. The van der Waals surface area contributed by atoms with Gasteiger partial charge in [0.15, 0.2) is 29.1 Å². The lowest BCUT2D eigenvalue weighted by Gasteiger charge is -2.26. The average molecular weight is 372 g/mol. The molecule has 0 fully saturated rings. The molecule has 1 atom stereocenters. The molecule has 7 heteroatoms. The van der Waals surface area contributed by atoms with Crippen LogP contribution in [0.5, 0.6) is 23.0 Å². The highest BCUT2D eigenvalue weighted by Crippen LogP contribution is 2.30. The van der Waals surface area contributed by atoms with Crippen LogP contribution in [0.3, 0.4) is 0 Å². The van der Waals surface area contributed by atoms with Crippen LogP contribution >= 0.6 is 0 Å². The maximum Gasteiger partial charge on any atom is 0.314 e. The van der Waals surface area contributed by atoms with E-state index in [0.717, 1.165) is 11.3 Å². The van der Waals surface area contributed by atoms with Crippen LogP contribution in [0.1, 0.15) is 5.56 Å². The highest BCUT2D eigenvalue weighted by Gasteiger charge is 2.20. The number of urea groups is 1. The summed E-state index contributed by atoms with van der Waals surface area (Å²) in [5.74, 6) is 2.79. The molecule has 2 amide bonds. The van der Waals surface area contributed by atoms with Crippen molar-refractivity contribution >= 4 is 6.03 Å². The highest BCUT2D eigenvalue weighted by molar-refractivity contribution is 5.73. The molecule has 27 heavy (non-hydrogen) atoms. The van der Waals surface area contributed by atoms with Gasteiger partial charge in [-0.15, -0.1) is 0 Å². The molecule has 1 aliphatic rings. The number of fused-ring (bicyclic) bond motifs is 1. The van der Waals surface area contributed by atoms with E-state index in [1.54, 1.807) is 14.2 Å². The van der Waals surface area contributed by atoms with E-state index in [1.165, 1.54) is 0 Å². The van der Waals surface area contributed by atoms with Gasteiger partial charge in [-0.25, -0.2) is 4.79 Å². The van der Waals surface area contributed by atoms with E-state index in [1.807, 2.05) is 42.5 Å². The summed E-state index contributed by atoms with van der Waals surface area (Å²) in [7, 11) is 3.20. The Bertz CT molecular complexity index is 781. The smallest absolute Gasteiger partial charge is 0.314 e. The van der Waals surface area contributed by atoms with Gasteiger partial charge < -0.3 is 29.6 Å². The zero-order valence-corrected chi connectivity index (χ0v) is 15.5. The van der Waals surface area contributed by atoms with Crippen molar-refractivity contribution < 1.29 is 23.7 Å². The Morgan fingerprint density at radius 2 is 1.85 bits per heavy atom. The molecular formula is C20H24N2O5. The van der Waals surface area contributed by atoms with Gasteiger partial charge in [-0.1, -0.05) is 18.2 Å². The number of carbonyl (C=O) groups is 1. The fourth-order valence-corrected chi connectivity index (χ4v) is 2.79. The summed E-state index contributed by atoms with van der Waals surface area (Å²) < 4.78 is 21.9. The number of methoxy groups -OCH3 is 2. The number of carbonyl (C=O) groups excluding carboxylic acids is 1. The molecule has 1 aliphatic heterocycles. The van der Waals surface area contributed by atoms with Gasteiger partial charge in [0.25, 0.3) is 0 Å². The molecule has 0 radical (unpaired) electrons. The Morgan fingerprint density at radius 1 is 1.07 bits per heavy atom. The standard InChI is InChI=1S/C20H24N2O5/c1-24-16-8-7-14(11-19(16)25-2)9-10-21-20(23)22-12-15-13-26-17-5-3-4-6-18(17)27-15/h3-8,11,15H,9-10,12-13H2,1-2H3,(H2,21,22,23)/t15-/m1/s1. The lowest BCUT2D eigenvalue weighted by atomic mass is 10.1. The van der Waals surface area contributed by atoms with E-state index in [0.29, 0.717) is 43.4 Å².